The summed E-state index contributed by atoms with van der Waals surface area (Å²) in [4.78, 5) is 15.9. The van der Waals surface area contributed by atoms with E-state index in [1.54, 1.807) is 7.05 Å². The zero-order valence-corrected chi connectivity index (χ0v) is 17.5. The average molecular weight is 438 g/mol. The Labute approximate surface area is 158 Å². The molecule has 0 spiro atoms. The van der Waals surface area contributed by atoms with Gasteiger partial charge in [0.2, 0.25) is 5.91 Å². The Morgan fingerprint density at radius 1 is 1.13 bits per heavy atom. The third kappa shape index (κ3) is 11.6. The first-order chi connectivity index (χ1) is 10.4. The number of halogens is 1. The zero-order chi connectivity index (χ0) is 16.4. The summed E-state index contributed by atoms with van der Waals surface area (Å²) in [6, 6.07) is 0. The molecule has 1 aliphatic carbocycles. The molecule has 0 radical (unpaired) electrons. The van der Waals surface area contributed by atoms with Crippen LogP contribution in [0.4, 0.5) is 0 Å². The molecule has 0 aromatic carbocycles. The van der Waals surface area contributed by atoms with E-state index < -0.39 is 0 Å². The van der Waals surface area contributed by atoms with Crippen molar-refractivity contribution in [2.24, 2.45) is 10.9 Å². The van der Waals surface area contributed by atoms with Crippen LogP contribution >= 0.6 is 24.0 Å². The second-order valence-electron chi connectivity index (χ2n) is 7.30. The van der Waals surface area contributed by atoms with Gasteiger partial charge in [-0.1, -0.05) is 32.1 Å². The molecule has 1 saturated carbocycles. The number of hydrogen-bond donors (Lipinski definition) is 3. The van der Waals surface area contributed by atoms with Gasteiger partial charge in [0, 0.05) is 19.1 Å². The van der Waals surface area contributed by atoms with Crippen molar-refractivity contribution < 1.29 is 4.79 Å². The van der Waals surface area contributed by atoms with E-state index >= 15 is 0 Å². The summed E-state index contributed by atoms with van der Waals surface area (Å²) >= 11 is 0. The first-order valence-electron chi connectivity index (χ1n) is 8.66. The maximum Gasteiger partial charge on any atom is 0.239 e. The monoisotopic (exact) mass is 438 g/mol. The molecule has 3 N–H and O–H groups in total. The molecule has 1 rings (SSSR count). The molecule has 1 fully saturated rings. The van der Waals surface area contributed by atoms with Gasteiger partial charge in [-0.05, 0) is 39.5 Å². The van der Waals surface area contributed by atoms with Gasteiger partial charge in [0.15, 0.2) is 5.96 Å². The summed E-state index contributed by atoms with van der Waals surface area (Å²) in [6.45, 7) is 7.09. The van der Waals surface area contributed by atoms with Crippen molar-refractivity contribution in [2.45, 2.75) is 71.3 Å². The predicted molar refractivity (Wildman–Crippen MR) is 108 cm³/mol. The van der Waals surface area contributed by atoms with Crippen molar-refractivity contribution >= 4 is 35.8 Å². The average Bonchev–Trinajstić information content (AvgIpc) is 2.46. The van der Waals surface area contributed by atoms with Gasteiger partial charge in [0.05, 0.1) is 6.54 Å². The summed E-state index contributed by atoms with van der Waals surface area (Å²) in [6.07, 6.45) is 9.50. The molecule has 6 heteroatoms. The molecular weight excluding hydrogens is 403 g/mol. The molecule has 0 unspecified atom stereocenters. The molecule has 1 aliphatic rings. The Kier molecular flexibility index (Phi) is 11.6. The van der Waals surface area contributed by atoms with Gasteiger partial charge in [-0.25, -0.2) is 0 Å². The molecule has 0 aromatic rings. The van der Waals surface area contributed by atoms with Gasteiger partial charge < -0.3 is 16.0 Å². The first kappa shape index (κ1) is 22.5. The van der Waals surface area contributed by atoms with Gasteiger partial charge in [0.1, 0.15) is 0 Å². The fourth-order valence-electron chi connectivity index (χ4n) is 2.92. The highest BCUT2D eigenvalue weighted by Crippen LogP contribution is 2.26. The van der Waals surface area contributed by atoms with E-state index in [1.165, 1.54) is 44.9 Å². The van der Waals surface area contributed by atoms with Gasteiger partial charge in [-0.3, -0.25) is 9.79 Å². The molecule has 0 aliphatic heterocycles. The lowest BCUT2D eigenvalue weighted by molar-refractivity contribution is -0.121. The van der Waals surface area contributed by atoms with Crippen molar-refractivity contribution in [3.63, 3.8) is 0 Å². The van der Waals surface area contributed by atoms with Crippen LogP contribution in [0.5, 0.6) is 0 Å². The van der Waals surface area contributed by atoms with Gasteiger partial charge >= 0.3 is 0 Å². The maximum absolute atomic E-state index is 11.8. The van der Waals surface area contributed by atoms with E-state index in [-0.39, 0.29) is 42.0 Å². The van der Waals surface area contributed by atoms with Gasteiger partial charge in [0.25, 0.3) is 0 Å². The van der Waals surface area contributed by atoms with E-state index in [2.05, 4.69) is 20.9 Å². The number of amides is 1. The highest BCUT2D eigenvalue weighted by atomic mass is 127. The summed E-state index contributed by atoms with van der Waals surface area (Å²) < 4.78 is 0. The molecule has 5 nitrogen and oxygen atoms in total. The Hall–Kier alpha value is -0.530. The van der Waals surface area contributed by atoms with Crippen molar-refractivity contribution in [3.05, 3.63) is 0 Å². The molecule has 1 amide bonds. The Balaban J connectivity index is 0.00000484. The molecule has 0 atom stereocenters. The number of carbonyl (C=O) groups excluding carboxylic acids is 1. The number of nitrogens with zero attached hydrogens (tertiary/aromatic N) is 1. The van der Waals surface area contributed by atoms with Crippen molar-refractivity contribution in [1.82, 2.24) is 16.0 Å². The smallest absolute Gasteiger partial charge is 0.239 e. The van der Waals surface area contributed by atoms with E-state index in [1.807, 2.05) is 20.8 Å². The molecule has 23 heavy (non-hydrogen) atoms. The maximum atomic E-state index is 11.8. The number of carbonyl (C=O) groups is 1. The van der Waals surface area contributed by atoms with Gasteiger partial charge in [-0.15, -0.1) is 24.0 Å². The Morgan fingerprint density at radius 2 is 1.78 bits per heavy atom. The minimum absolute atomic E-state index is 0. The van der Waals surface area contributed by atoms with Crippen LogP contribution < -0.4 is 16.0 Å². The van der Waals surface area contributed by atoms with Crippen LogP contribution in [-0.4, -0.2) is 37.5 Å². The second-order valence-corrected chi connectivity index (χ2v) is 7.30. The van der Waals surface area contributed by atoms with Crippen LogP contribution in [0.3, 0.4) is 0 Å². The topological polar surface area (TPSA) is 65.5 Å². The fraction of sp³-hybridized carbons (Fsp3) is 0.882. The first-order valence-corrected chi connectivity index (χ1v) is 8.66. The minimum Gasteiger partial charge on any atom is -0.356 e. The summed E-state index contributed by atoms with van der Waals surface area (Å²) in [5, 5.41) is 9.27. The number of rotatable bonds is 6. The number of nitrogens with one attached hydrogen (secondary N) is 3. The fourth-order valence-corrected chi connectivity index (χ4v) is 2.92. The van der Waals surface area contributed by atoms with Crippen molar-refractivity contribution in [3.8, 4) is 0 Å². The number of aliphatic imine (C=N–C) groups is 1. The van der Waals surface area contributed by atoms with Crippen LogP contribution in [0.15, 0.2) is 4.99 Å². The molecule has 0 bridgehead atoms. The second kappa shape index (κ2) is 11.9. The number of hydrogen-bond acceptors (Lipinski definition) is 2. The minimum atomic E-state index is -0.199. The van der Waals surface area contributed by atoms with Gasteiger partial charge in [-0.2, -0.15) is 0 Å². The predicted octanol–water partition coefficient (Wildman–Crippen LogP) is 3.04. The van der Waals surface area contributed by atoms with Crippen molar-refractivity contribution in [1.29, 1.82) is 0 Å². The molecule has 0 heterocycles. The van der Waals surface area contributed by atoms with E-state index in [0.717, 1.165) is 12.5 Å². The molecular formula is C17H35IN4O. The Bertz CT molecular complexity index is 360. The third-order valence-electron chi connectivity index (χ3n) is 3.96. The molecule has 136 valence electrons. The number of guanidine groups is 1. The summed E-state index contributed by atoms with van der Waals surface area (Å²) in [5.74, 6) is 1.61. The van der Waals surface area contributed by atoms with Crippen LogP contribution in [0.25, 0.3) is 0 Å². The quantitative estimate of drug-likeness (QED) is 0.259. The third-order valence-corrected chi connectivity index (χ3v) is 3.96. The SMILES string of the molecule is CN=C(NCCCC1CCCCC1)NCC(=O)NC(C)(C)C.I. The largest absolute Gasteiger partial charge is 0.356 e. The van der Waals surface area contributed by atoms with E-state index in [0.29, 0.717) is 5.96 Å². The summed E-state index contributed by atoms with van der Waals surface area (Å²) in [7, 11) is 1.73. The van der Waals surface area contributed by atoms with Crippen molar-refractivity contribution in [2.75, 3.05) is 20.1 Å². The van der Waals surface area contributed by atoms with Crippen LogP contribution in [0.1, 0.15) is 65.7 Å². The Morgan fingerprint density at radius 3 is 2.35 bits per heavy atom. The van der Waals surface area contributed by atoms with Crippen LogP contribution in [-0.2, 0) is 4.79 Å². The van der Waals surface area contributed by atoms with E-state index in [9.17, 15) is 4.79 Å². The highest BCUT2D eigenvalue weighted by molar-refractivity contribution is 14.0. The van der Waals surface area contributed by atoms with Crippen LogP contribution in [0.2, 0.25) is 0 Å². The standard InChI is InChI=1S/C17H34N4O.HI/c1-17(2,3)21-15(22)13-20-16(18-4)19-12-8-11-14-9-6-5-7-10-14;/h14H,5-13H2,1-4H3,(H,21,22)(H2,18,19,20);1H. The molecule has 0 saturated heterocycles. The lowest BCUT2D eigenvalue weighted by Gasteiger charge is -2.22. The van der Waals surface area contributed by atoms with E-state index in [4.69, 9.17) is 0 Å². The summed E-state index contributed by atoms with van der Waals surface area (Å²) in [5.41, 5.74) is -0.199. The zero-order valence-electron chi connectivity index (χ0n) is 15.2. The van der Waals surface area contributed by atoms with Crippen LogP contribution in [0, 0.1) is 5.92 Å². The lowest BCUT2D eigenvalue weighted by Crippen LogP contribution is -2.48. The normalized spacial score (nSPS) is 16.4. The molecule has 0 aromatic heterocycles. The highest BCUT2D eigenvalue weighted by Gasteiger charge is 2.14. The lowest BCUT2D eigenvalue weighted by atomic mass is 9.86.